The highest BCUT2D eigenvalue weighted by atomic mass is 35.5. The Morgan fingerprint density at radius 1 is 1.30 bits per heavy atom. The molecular weight excluding hydrogens is 334 g/mol. The Hall–Kier alpha value is -2.69. The summed E-state index contributed by atoms with van der Waals surface area (Å²) >= 11 is 7.03. The van der Waals surface area contributed by atoms with Gasteiger partial charge in [0.25, 0.3) is 5.91 Å². The quantitative estimate of drug-likeness (QED) is 0.738. The van der Waals surface area contributed by atoms with E-state index in [1.807, 2.05) is 0 Å². The van der Waals surface area contributed by atoms with Gasteiger partial charge in [-0.3, -0.25) is 4.79 Å². The SMILES string of the molecule is [C-]#[N+]c1ccc(-n2cc(CNC(=O)c3ccc(Cl)s3)nn2)cc1. The van der Waals surface area contributed by atoms with Crippen molar-refractivity contribution in [2.75, 3.05) is 0 Å². The summed E-state index contributed by atoms with van der Waals surface area (Å²) in [5.41, 5.74) is 2.00. The van der Waals surface area contributed by atoms with E-state index in [9.17, 15) is 4.79 Å². The van der Waals surface area contributed by atoms with Crippen molar-refractivity contribution in [3.05, 3.63) is 68.9 Å². The Morgan fingerprint density at radius 2 is 2.09 bits per heavy atom. The molecule has 0 radical (unpaired) electrons. The van der Waals surface area contributed by atoms with E-state index in [0.717, 1.165) is 5.69 Å². The largest absolute Gasteiger partial charge is 0.346 e. The number of halogens is 1. The average Bonchev–Trinajstić information content (AvgIpc) is 3.22. The van der Waals surface area contributed by atoms with Crippen LogP contribution in [0.2, 0.25) is 4.34 Å². The third-order valence-corrected chi connectivity index (χ3v) is 4.24. The Balaban J connectivity index is 1.65. The number of carbonyl (C=O) groups is 1. The molecular formula is C15H10ClN5OS. The highest BCUT2D eigenvalue weighted by Gasteiger charge is 2.10. The first-order valence-corrected chi connectivity index (χ1v) is 7.78. The van der Waals surface area contributed by atoms with Gasteiger partial charge in [0.15, 0.2) is 5.69 Å². The van der Waals surface area contributed by atoms with Crippen LogP contribution >= 0.6 is 22.9 Å². The van der Waals surface area contributed by atoms with Gasteiger partial charge < -0.3 is 5.32 Å². The van der Waals surface area contributed by atoms with Crippen molar-refractivity contribution in [2.24, 2.45) is 0 Å². The van der Waals surface area contributed by atoms with Crippen LogP contribution in [-0.4, -0.2) is 20.9 Å². The van der Waals surface area contributed by atoms with E-state index in [1.165, 1.54) is 11.3 Å². The minimum absolute atomic E-state index is 0.196. The van der Waals surface area contributed by atoms with Gasteiger partial charge in [0, 0.05) is 0 Å². The van der Waals surface area contributed by atoms with E-state index in [2.05, 4.69) is 20.5 Å². The number of hydrogen-bond acceptors (Lipinski definition) is 4. The number of carbonyl (C=O) groups excluding carboxylic acids is 1. The Bertz CT molecular complexity index is 878. The molecule has 8 heteroatoms. The molecule has 1 amide bonds. The Labute approximate surface area is 141 Å². The molecule has 3 rings (SSSR count). The summed E-state index contributed by atoms with van der Waals surface area (Å²) in [6.45, 7) is 7.21. The molecule has 3 aromatic rings. The zero-order valence-electron chi connectivity index (χ0n) is 11.7. The summed E-state index contributed by atoms with van der Waals surface area (Å²) in [6, 6.07) is 10.4. The van der Waals surface area contributed by atoms with Crippen LogP contribution in [0.15, 0.2) is 42.6 Å². The van der Waals surface area contributed by atoms with Crippen LogP contribution in [-0.2, 0) is 6.54 Å². The fourth-order valence-corrected chi connectivity index (χ4v) is 2.84. The predicted octanol–water partition coefficient (Wildman–Crippen LogP) is 3.46. The number of benzene rings is 1. The van der Waals surface area contributed by atoms with Crippen LogP contribution in [0.1, 0.15) is 15.4 Å². The zero-order chi connectivity index (χ0) is 16.2. The van der Waals surface area contributed by atoms with Crippen LogP contribution in [0.25, 0.3) is 10.5 Å². The minimum atomic E-state index is -0.196. The highest BCUT2D eigenvalue weighted by molar-refractivity contribution is 7.17. The van der Waals surface area contributed by atoms with Gasteiger partial charge in [-0.05, 0) is 24.3 Å². The maximum atomic E-state index is 11.9. The molecule has 0 saturated heterocycles. The van der Waals surface area contributed by atoms with E-state index in [4.69, 9.17) is 18.2 Å². The number of rotatable bonds is 4. The fraction of sp³-hybridized carbons (Fsp3) is 0.0667. The number of thiophene rings is 1. The van der Waals surface area contributed by atoms with Crippen LogP contribution in [0.5, 0.6) is 0 Å². The van der Waals surface area contributed by atoms with Gasteiger partial charge in [0.1, 0.15) is 5.69 Å². The number of nitrogens with one attached hydrogen (secondary N) is 1. The van der Waals surface area contributed by atoms with Gasteiger partial charge in [0.05, 0.1) is 34.2 Å². The Morgan fingerprint density at radius 3 is 2.74 bits per heavy atom. The van der Waals surface area contributed by atoms with Crippen LogP contribution in [0.4, 0.5) is 5.69 Å². The first kappa shape index (κ1) is 15.2. The van der Waals surface area contributed by atoms with Crippen molar-refractivity contribution in [3.8, 4) is 5.69 Å². The zero-order valence-corrected chi connectivity index (χ0v) is 13.3. The third kappa shape index (κ3) is 3.56. The smallest absolute Gasteiger partial charge is 0.261 e. The van der Waals surface area contributed by atoms with Gasteiger partial charge in [-0.2, -0.15) is 0 Å². The number of amides is 1. The highest BCUT2D eigenvalue weighted by Crippen LogP contribution is 2.21. The van der Waals surface area contributed by atoms with Crippen LogP contribution in [0.3, 0.4) is 0 Å². The molecule has 2 heterocycles. The summed E-state index contributed by atoms with van der Waals surface area (Å²) in [4.78, 5) is 15.8. The van der Waals surface area contributed by atoms with E-state index in [-0.39, 0.29) is 12.5 Å². The predicted molar refractivity (Wildman–Crippen MR) is 88.1 cm³/mol. The lowest BCUT2D eigenvalue weighted by molar-refractivity contribution is 0.0954. The third-order valence-electron chi connectivity index (χ3n) is 3.01. The molecule has 114 valence electrons. The van der Waals surface area contributed by atoms with E-state index < -0.39 is 0 Å². The molecule has 0 unspecified atom stereocenters. The molecule has 0 spiro atoms. The molecule has 1 N–H and O–H groups in total. The van der Waals surface area contributed by atoms with E-state index in [0.29, 0.717) is 20.6 Å². The summed E-state index contributed by atoms with van der Waals surface area (Å²) in [7, 11) is 0. The lowest BCUT2D eigenvalue weighted by atomic mass is 10.3. The number of hydrogen-bond donors (Lipinski definition) is 1. The standard InChI is InChI=1S/C15H10ClN5OS/c1-17-10-2-4-12(5-3-10)21-9-11(19-20-21)8-18-15(22)13-6-7-14(16)23-13/h2-7,9H,8H2,(H,18,22). The summed E-state index contributed by atoms with van der Waals surface area (Å²) < 4.78 is 2.17. The van der Waals surface area contributed by atoms with Crippen molar-refractivity contribution in [3.63, 3.8) is 0 Å². The van der Waals surface area contributed by atoms with Crippen molar-refractivity contribution in [1.29, 1.82) is 0 Å². The number of aromatic nitrogens is 3. The van der Waals surface area contributed by atoms with Crippen molar-refractivity contribution < 1.29 is 4.79 Å². The monoisotopic (exact) mass is 343 g/mol. The number of nitrogens with zero attached hydrogens (tertiary/aromatic N) is 4. The molecule has 23 heavy (non-hydrogen) atoms. The lowest BCUT2D eigenvalue weighted by Gasteiger charge is -2.00. The first-order chi connectivity index (χ1) is 11.2. The fourth-order valence-electron chi connectivity index (χ4n) is 1.88. The van der Waals surface area contributed by atoms with Crippen molar-refractivity contribution >= 4 is 34.5 Å². The second-order valence-electron chi connectivity index (χ2n) is 4.57. The average molecular weight is 344 g/mol. The molecule has 0 fully saturated rings. The maximum absolute atomic E-state index is 11.9. The molecule has 0 aliphatic carbocycles. The second kappa shape index (κ2) is 6.60. The molecule has 0 bridgehead atoms. The summed E-state index contributed by atoms with van der Waals surface area (Å²) in [5, 5.41) is 10.8. The molecule has 0 atom stereocenters. The van der Waals surface area contributed by atoms with Gasteiger partial charge in [-0.25, -0.2) is 9.53 Å². The molecule has 6 nitrogen and oxygen atoms in total. The summed E-state index contributed by atoms with van der Waals surface area (Å²) in [6.07, 6.45) is 1.73. The topological polar surface area (TPSA) is 64.2 Å². The Kier molecular flexibility index (Phi) is 4.37. The summed E-state index contributed by atoms with van der Waals surface area (Å²) in [5.74, 6) is -0.196. The second-order valence-corrected chi connectivity index (χ2v) is 6.28. The van der Waals surface area contributed by atoms with Gasteiger partial charge in [-0.1, -0.05) is 28.9 Å². The molecule has 0 aliphatic rings. The van der Waals surface area contributed by atoms with Gasteiger partial charge >= 0.3 is 0 Å². The van der Waals surface area contributed by atoms with E-state index >= 15 is 0 Å². The van der Waals surface area contributed by atoms with Crippen LogP contribution in [0, 0.1) is 6.57 Å². The first-order valence-electron chi connectivity index (χ1n) is 6.58. The lowest BCUT2D eigenvalue weighted by Crippen LogP contribution is -2.21. The minimum Gasteiger partial charge on any atom is -0.346 e. The van der Waals surface area contributed by atoms with E-state index in [1.54, 1.807) is 47.3 Å². The van der Waals surface area contributed by atoms with Gasteiger partial charge in [-0.15, -0.1) is 16.4 Å². The van der Waals surface area contributed by atoms with Gasteiger partial charge in [0.2, 0.25) is 0 Å². The van der Waals surface area contributed by atoms with Crippen LogP contribution < -0.4 is 5.32 Å². The molecule has 1 aromatic carbocycles. The van der Waals surface area contributed by atoms with Crippen molar-refractivity contribution in [1.82, 2.24) is 20.3 Å². The molecule has 2 aromatic heterocycles. The molecule has 0 saturated carbocycles. The molecule has 0 aliphatic heterocycles. The normalized spacial score (nSPS) is 10.3. The maximum Gasteiger partial charge on any atom is 0.261 e. The van der Waals surface area contributed by atoms with Crippen molar-refractivity contribution in [2.45, 2.75) is 6.54 Å².